The van der Waals surface area contributed by atoms with Gasteiger partial charge < -0.3 is 16.2 Å². The third kappa shape index (κ3) is 3.02. The Bertz CT molecular complexity index is 1190. The zero-order valence-corrected chi connectivity index (χ0v) is 17.7. The molecule has 2 aliphatic carbocycles. The zero-order valence-electron chi connectivity index (χ0n) is 16.2. The molecule has 2 saturated carbocycles. The number of aliphatic hydroxyl groups excluding tert-OH is 1. The van der Waals surface area contributed by atoms with Gasteiger partial charge in [-0.25, -0.2) is 4.98 Å². The first-order valence-electron chi connectivity index (χ1n) is 9.83. The van der Waals surface area contributed by atoms with E-state index in [1.54, 1.807) is 24.7 Å². The van der Waals surface area contributed by atoms with E-state index in [2.05, 4.69) is 15.3 Å². The molecule has 2 fully saturated rings. The number of fused-ring (bicyclic) bond motifs is 2. The van der Waals surface area contributed by atoms with E-state index >= 15 is 0 Å². The number of amides is 1. The molecule has 6 nitrogen and oxygen atoms in total. The van der Waals surface area contributed by atoms with E-state index in [0.717, 1.165) is 11.1 Å². The molecule has 2 aromatic heterocycles. The molecular formula is C22H20Cl2N4O2. The van der Waals surface area contributed by atoms with Crippen molar-refractivity contribution in [2.24, 2.45) is 17.8 Å². The minimum absolute atomic E-state index is 0.0507. The van der Waals surface area contributed by atoms with E-state index in [1.807, 2.05) is 13.0 Å². The van der Waals surface area contributed by atoms with Crippen molar-refractivity contribution in [1.29, 1.82) is 0 Å². The summed E-state index contributed by atoms with van der Waals surface area (Å²) in [5.74, 6) is 0.850. The van der Waals surface area contributed by atoms with E-state index in [1.165, 1.54) is 0 Å². The predicted octanol–water partition coefficient (Wildman–Crippen LogP) is 4.45. The Kier molecular flexibility index (Phi) is 4.61. The van der Waals surface area contributed by atoms with E-state index in [-0.39, 0.29) is 29.8 Å². The number of benzene rings is 1. The second-order valence-electron chi connectivity index (χ2n) is 8.19. The summed E-state index contributed by atoms with van der Waals surface area (Å²) in [6.07, 6.45) is 6.11. The number of nitrogens with two attached hydrogens (primary N) is 1. The fourth-order valence-corrected chi connectivity index (χ4v) is 5.48. The third-order valence-corrected chi connectivity index (χ3v) is 7.17. The van der Waals surface area contributed by atoms with Gasteiger partial charge in [-0.2, -0.15) is 0 Å². The summed E-state index contributed by atoms with van der Waals surface area (Å²) in [5.41, 5.74) is 9.06. The summed E-state index contributed by atoms with van der Waals surface area (Å²) in [6, 6.07) is 3.61. The molecule has 2 heterocycles. The van der Waals surface area contributed by atoms with Gasteiger partial charge in [-0.1, -0.05) is 23.2 Å². The van der Waals surface area contributed by atoms with Crippen molar-refractivity contribution in [2.75, 3.05) is 11.1 Å². The van der Waals surface area contributed by atoms with Gasteiger partial charge >= 0.3 is 0 Å². The molecule has 0 spiro atoms. The Morgan fingerprint density at radius 1 is 1.20 bits per heavy atom. The van der Waals surface area contributed by atoms with Crippen LogP contribution in [0.3, 0.4) is 0 Å². The fourth-order valence-electron chi connectivity index (χ4n) is 4.78. The van der Waals surface area contributed by atoms with Crippen LogP contribution >= 0.6 is 23.2 Å². The number of nitrogen functional groups attached to an aromatic ring is 1. The highest BCUT2D eigenvalue weighted by Gasteiger charge is 2.59. The Balaban J connectivity index is 1.53. The largest absolute Gasteiger partial charge is 0.397 e. The molecule has 0 bridgehead atoms. The van der Waals surface area contributed by atoms with Gasteiger partial charge in [0.15, 0.2) is 0 Å². The molecule has 0 radical (unpaired) electrons. The van der Waals surface area contributed by atoms with Gasteiger partial charge in [0, 0.05) is 46.4 Å². The summed E-state index contributed by atoms with van der Waals surface area (Å²) in [5, 5.41) is 14.6. The lowest BCUT2D eigenvalue weighted by atomic mass is 9.98. The molecule has 1 unspecified atom stereocenters. The second kappa shape index (κ2) is 7.08. The molecule has 4 N–H and O–H groups in total. The quantitative estimate of drug-likeness (QED) is 0.520. The van der Waals surface area contributed by atoms with Crippen LogP contribution in [0.1, 0.15) is 18.4 Å². The van der Waals surface area contributed by atoms with E-state index < -0.39 is 0 Å². The van der Waals surface area contributed by atoms with Crippen LogP contribution in [0.5, 0.6) is 0 Å². The first kappa shape index (κ1) is 19.5. The first-order valence-corrected chi connectivity index (χ1v) is 10.6. The molecule has 2 aliphatic rings. The van der Waals surface area contributed by atoms with Crippen LogP contribution in [0, 0.1) is 24.7 Å². The summed E-state index contributed by atoms with van der Waals surface area (Å²) in [6.45, 7) is 1.95. The molecule has 4 atom stereocenters. The average molecular weight is 443 g/mol. The highest BCUT2D eigenvalue weighted by atomic mass is 35.5. The third-order valence-electron chi connectivity index (χ3n) is 6.39. The van der Waals surface area contributed by atoms with Crippen molar-refractivity contribution in [1.82, 2.24) is 9.97 Å². The maximum atomic E-state index is 12.7. The number of carbonyl (C=O) groups is 1. The summed E-state index contributed by atoms with van der Waals surface area (Å²) in [4.78, 5) is 21.2. The topological polar surface area (TPSA) is 101 Å². The number of anilines is 2. The number of rotatable bonds is 3. The molecule has 1 aromatic carbocycles. The van der Waals surface area contributed by atoms with Gasteiger partial charge in [0.2, 0.25) is 5.91 Å². The molecule has 0 aliphatic heterocycles. The van der Waals surface area contributed by atoms with Crippen LogP contribution in [0.15, 0.2) is 30.7 Å². The van der Waals surface area contributed by atoms with Crippen molar-refractivity contribution in [3.63, 3.8) is 0 Å². The first-order chi connectivity index (χ1) is 14.4. The van der Waals surface area contributed by atoms with Crippen LogP contribution < -0.4 is 11.1 Å². The Labute approximate surface area is 183 Å². The zero-order chi connectivity index (χ0) is 21.2. The molecule has 154 valence electrons. The molecule has 8 heteroatoms. The lowest BCUT2D eigenvalue weighted by molar-refractivity contribution is -0.118. The van der Waals surface area contributed by atoms with Gasteiger partial charge in [0.05, 0.1) is 21.8 Å². The highest BCUT2D eigenvalue weighted by molar-refractivity contribution is 6.45. The number of aromatic nitrogens is 2. The molecule has 5 rings (SSSR count). The second-order valence-corrected chi connectivity index (χ2v) is 8.95. The van der Waals surface area contributed by atoms with Crippen LogP contribution in [-0.4, -0.2) is 27.1 Å². The molecule has 3 aromatic rings. The van der Waals surface area contributed by atoms with Crippen LogP contribution in [0.4, 0.5) is 11.5 Å². The predicted molar refractivity (Wildman–Crippen MR) is 118 cm³/mol. The van der Waals surface area contributed by atoms with E-state index in [0.29, 0.717) is 50.7 Å². The van der Waals surface area contributed by atoms with Crippen molar-refractivity contribution in [3.8, 4) is 11.1 Å². The number of aliphatic hydroxyl groups is 1. The maximum Gasteiger partial charge on any atom is 0.229 e. The van der Waals surface area contributed by atoms with Crippen LogP contribution in [-0.2, 0) is 4.79 Å². The molecule has 30 heavy (non-hydrogen) atoms. The Morgan fingerprint density at radius 2 is 1.93 bits per heavy atom. The number of aryl methyl sites for hydroxylation is 1. The van der Waals surface area contributed by atoms with Crippen molar-refractivity contribution >= 4 is 51.4 Å². The smallest absolute Gasteiger partial charge is 0.229 e. The maximum absolute atomic E-state index is 12.7. The van der Waals surface area contributed by atoms with Gasteiger partial charge in [0.1, 0.15) is 5.82 Å². The summed E-state index contributed by atoms with van der Waals surface area (Å²) in [7, 11) is 0. The molecule has 1 amide bonds. The van der Waals surface area contributed by atoms with E-state index in [9.17, 15) is 9.90 Å². The minimum Gasteiger partial charge on any atom is -0.397 e. The monoisotopic (exact) mass is 442 g/mol. The van der Waals surface area contributed by atoms with Crippen molar-refractivity contribution in [3.05, 3.63) is 46.3 Å². The standard InChI is InChI=1S/C22H20Cl2N4O2/c1-9-2-3-26-7-14(9)18-19(23)13-6-16(27-8-15(13)21(25)20(18)24)28-22(30)17-11-4-10(29)5-12(11)17/h2-3,6-8,10-12,17,29H,4-5,25H2,1H3,(H,27,28,30)/t10?,11-,12+,17+. The lowest BCUT2D eigenvalue weighted by Crippen LogP contribution is -2.19. The van der Waals surface area contributed by atoms with Crippen molar-refractivity contribution in [2.45, 2.75) is 25.9 Å². The number of nitrogens with zero attached hydrogens (tertiary/aromatic N) is 2. The van der Waals surface area contributed by atoms with Gasteiger partial charge in [-0.3, -0.25) is 9.78 Å². The van der Waals surface area contributed by atoms with Gasteiger partial charge in [-0.05, 0) is 49.3 Å². The number of nitrogens with one attached hydrogen (secondary N) is 1. The fraction of sp³-hybridized carbons (Fsp3) is 0.318. The Morgan fingerprint density at radius 3 is 2.63 bits per heavy atom. The minimum atomic E-state index is -0.274. The SMILES string of the molecule is Cc1ccncc1-c1c(Cl)c(N)c2cnc(NC(=O)[C@H]3[C@@H]4CC(O)C[C@@H]43)cc2c1Cl. The van der Waals surface area contributed by atoms with Crippen LogP contribution in [0.2, 0.25) is 10.0 Å². The Hall–Kier alpha value is -2.41. The molecular weight excluding hydrogens is 423 g/mol. The summed E-state index contributed by atoms with van der Waals surface area (Å²) < 4.78 is 0. The van der Waals surface area contributed by atoms with Gasteiger partial charge in [0.25, 0.3) is 0 Å². The number of hydrogen-bond acceptors (Lipinski definition) is 5. The van der Waals surface area contributed by atoms with Crippen LogP contribution in [0.25, 0.3) is 21.9 Å². The number of pyridine rings is 2. The average Bonchev–Trinajstić information content (AvgIpc) is 3.24. The number of halogens is 2. The normalized spacial score (nSPS) is 24.7. The van der Waals surface area contributed by atoms with E-state index in [4.69, 9.17) is 28.9 Å². The van der Waals surface area contributed by atoms with Crippen molar-refractivity contribution < 1.29 is 9.90 Å². The number of hydrogen-bond donors (Lipinski definition) is 3. The number of carbonyl (C=O) groups excluding carboxylic acids is 1. The lowest BCUT2D eigenvalue weighted by Gasteiger charge is -2.16. The summed E-state index contributed by atoms with van der Waals surface area (Å²) >= 11 is 13.3. The van der Waals surface area contributed by atoms with Gasteiger partial charge in [-0.15, -0.1) is 0 Å². The highest BCUT2D eigenvalue weighted by Crippen LogP contribution is 2.57. The molecule has 0 saturated heterocycles.